The van der Waals surface area contributed by atoms with Crippen LogP contribution in [-0.4, -0.2) is 15.2 Å². The average Bonchev–Trinajstić information content (AvgIpc) is 3.22. The summed E-state index contributed by atoms with van der Waals surface area (Å²) in [6, 6.07) is 24.3. The summed E-state index contributed by atoms with van der Waals surface area (Å²) < 4.78 is 8.24. The van der Waals surface area contributed by atoms with Gasteiger partial charge in [-0.3, -0.25) is 4.79 Å². The number of unbranched alkanes of at least 4 members (excludes halogenated alkanes) is 1. The number of nitriles is 1. The largest absolute Gasteiger partial charge is 0.487 e. The molecule has 0 N–H and O–H groups in total. The zero-order valence-corrected chi connectivity index (χ0v) is 22.5. The quantitative estimate of drug-likeness (QED) is 0.276. The van der Waals surface area contributed by atoms with E-state index in [0.29, 0.717) is 17.7 Å². The summed E-state index contributed by atoms with van der Waals surface area (Å²) >= 11 is 0. The van der Waals surface area contributed by atoms with E-state index in [1.165, 1.54) is 0 Å². The van der Waals surface area contributed by atoms with Gasteiger partial charge in [0.15, 0.2) is 0 Å². The van der Waals surface area contributed by atoms with Crippen LogP contribution in [0.15, 0.2) is 71.5 Å². The van der Waals surface area contributed by atoms with E-state index in [9.17, 15) is 10.1 Å². The molecule has 1 aliphatic rings. The first kappa shape index (κ1) is 25.5. The topological polar surface area (TPSA) is 67.9 Å². The molecule has 192 valence electrons. The second-order valence-corrected chi connectivity index (χ2v) is 10.7. The van der Waals surface area contributed by atoms with Gasteiger partial charge in [0.05, 0.1) is 17.2 Å². The molecule has 0 bridgehead atoms. The molecular formula is C33H33N3O2. The number of benzene rings is 3. The number of aromatic nitrogens is 2. The number of nitrogens with zero attached hydrogens (tertiary/aromatic N) is 3. The fraction of sp³-hybridized carbons (Fsp3) is 0.303. The standard InChI is InChI=1S/C33H33N3O2/c1-5-6-11-30-35-32(37)31(25-16-17-29-27(18-25)19-33(3,4)38-29)22(2)36(30)21-23-12-14-24(15-13-23)28-10-8-7-9-26(28)20-34/h7-10,12-18H,5-6,11,19,21H2,1-4H3. The van der Waals surface area contributed by atoms with Crippen LogP contribution in [0, 0.1) is 18.3 Å². The third-order valence-electron chi connectivity index (χ3n) is 7.28. The number of ether oxygens (including phenoxy) is 1. The molecule has 38 heavy (non-hydrogen) atoms. The molecule has 2 heterocycles. The molecule has 1 aliphatic heterocycles. The van der Waals surface area contributed by atoms with Gasteiger partial charge in [-0.25, -0.2) is 0 Å². The molecule has 0 unspecified atom stereocenters. The number of rotatable bonds is 7. The van der Waals surface area contributed by atoms with Crippen LogP contribution < -0.4 is 10.3 Å². The number of hydrogen-bond donors (Lipinski definition) is 0. The monoisotopic (exact) mass is 503 g/mol. The van der Waals surface area contributed by atoms with Crippen LogP contribution >= 0.6 is 0 Å². The Morgan fingerprint density at radius 3 is 2.53 bits per heavy atom. The van der Waals surface area contributed by atoms with Crippen molar-refractivity contribution in [3.05, 3.63) is 105 Å². The lowest BCUT2D eigenvalue weighted by Gasteiger charge is -2.19. The van der Waals surface area contributed by atoms with Gasteiger partial charge in [0.2, 0.25) is 0 Å². The minimum absolute atomic E-state index is 0.175. The van der Waals surface area contributed by atoms with E-state index in [1.807, 2.05) is 43.3 Å². The van der Waals surface area contributed by atoms with Gasteiger partial charge in [0.1, 0.15) is 17.2 Å². The van der Waals surface area contributed by atoms with E-state index < -0.39 is 0 Å². The second kappa shape index (κ2) is 10.3. The zero-order valence-electron chi connectivity index (χ0n) is 22.5. The maximum atomic E-state index is 13.3. The Bertz CT molecular complexity index is 1590. The van der Waals surface area contributed by atoms with Crippen molar-refractivity contribution in [3.63, 3.8) is 0 Å². The maximum Gasteiger partial charge on any atom is 0.281 e. The van der Waals surface area contributed by atoms with Gasteiger partial charge in [-0.05, 0) is 73.2 Å². The van der Waals surface area contributed by atoms with E-state index in [-0.39, 0.29) is 11.2 Å². The summed E-state index contributed by atoms with van der Waals surface area (Å²) in [7, 11) is 0. The summed E-state index contributed by atoms with van der Waals surface area (Å²) in [5.74, 6) is 1.71. The smallest absolute Gasteiger partial charge is 0.281 e. The van der Waals surface area contributed by atoms with Crippen LogP contribution in [0.5, 0.6) is 5.75 Å². The molecule has 0 aliphatic carbocycles. The van der Waals surface area contributed by atoms with Gasteiger partial charge >= 0.3 is 0 Å². The molecule has 0 atom stereocenters. The molecule has 4 aromatic rings. The van der Waals surface area contributed by atoms with Gasteiger partial charge in [-0.15, -0.1) is 0 Å². The Morgan fingerprint density at radius 2 is 1.79 bits per heavy atom. The molecule has 3 aromatic carbocycles. The van der Waals surface area contributed by atoms with E-state index in [2.05, 4.69) is 66.7 Å². The SMILES string of the molecule is CCCCc1nc(=O)c(-c2ccc3c(c2)CC(C)(C)O3)c(C)n1Cc1ccc(-c2ccccc2C#N)cc1. The van der Waals surface area contributed by atoms with Crippen LogP contribution in [0.2, 0.25) is 0 Å². The van der Waals surface area contributed by atoms with E-state index in [1.54, 1.807) is 0 Å². The van der Waals surface area contributed by atoms with E-state index in [0.717, 1.165) is 70.8 Å². The van der Waals surface area contributed by atoms with Crippen LogP contribution in [0.1, 0.15) is 61.8 Å². The Labute approximate surface area is 224 Å². The first-order chi connectivity index (χ1) is 18.3. The van der Waals surface area contributed by atoms with Crippen molar-refractivity contribution >= 4 is 0 Å². The second-order valence-electron chi connectivity index (χ2n) is 10.7. The molecule has 0 spiro atoms. The lowest BCUT2D eigenvalue weighted by Crippen LogP contribution is -2.24. The molecular weight excluding hydrogens is 470 g/mol. The molecule has 5 nitrogen and oxygen atoms in total. The Morgan fingerprint density at radius 1 is 1.05 bits per heavy atom. The van der Waals surface area contributed by atoms with Crippen LogP contribution in [0.3, 0.4) is 0 Å². The first-order valence-electron chi connectivity index (χ1n) is 13.3. The number of hydrogen-bond acceptors (Lipinski definition) is 4. The highest BCUT2D eigenvalue weighted by Crippen LogP contribution is 2.37. The summed E-state index contributed by atoms with van der Waals surface area (Å²) in [4.78, 5) is 17.9. The highest BCUT2D eigenvalue weighted by molar-refractivity contribution is 5.71. The molecule has 0 amide bonds. The maximum absolute atomic E-state index is 13.3. The minimum atomic E-state index is -0.238. The summed E-state index contributed by atoms with van der Waals surface area (Å²) in [5, 5.41) is 9.49. The number of aryl methyl sites for hydroxylation is 1. The highest BCUT2D eigenvalue weighted by Gasteiger charge is 2.30. The van der Waals surface area contributed by atoms with Gasteiger partial charge in [-0.1, -0.05) is 61.9 Å². The van der Waals surface area contributed by atoms with Crippen molar-refractivity contribution in [1.82, 2.24) is 9.55 Å². The van der Waals surface area contributed by atoms with Crippen molar-refractivity contribution in [2.45, 2.75) is 65.5 Å². The van der Waals surface area contributed by atoms with Crippen molar-refractivity contribution in [1.29, 1.82) is 5.26 Å². The summed E-state index contributed by atoms with van der Waals surface area (Å²) in [6.45, 7) is 8.96. The molecule has 5 rings (SSSR count). The Kier molecular flexibility index (Phi) is 6.91. The predicted molar refractivity (Wildman–Crippen MR) is 151 cm³/mol. The molecule has 0 saturated heterocycles. The predicted octanol–water partition coefficient (Wildman–Crippen LogP) is 6.86. The lowest BCUT2D eigenvalue weighted by atomic mass is 9.97. The van der Waals surface area contributed by atoms with Crippen molar-refractivity contribution in [2.75, 3.05) is 0 Å². The lowest BCUT2D eigenvalue weighted by molar-refractivity contribution is 0.138. The van der Waals surface area contributed by atoms with Crippen molar-refractivity contribution < 1.29 is 4.74 Å². The number of fused-ring (bicyclic) bond motifs is 1. The molecule has 5 heteroatoms. The fourth-order valence-electron chi connectivity index (χ4n) is 5.35. The van der Waals surface area contributed by atoms with Gasteiger partial charge in [0, 0.05) is 25.1 Å². The van der Waals surface area contributed by atoms with E-state index in [4.69, 9.17) is 4.74 Å². The Balaban J connectivity index is 1.53. The van der Waals surface area contributed by atoms with Crippen molar-refractivity contribution in [2.24, 2.45) is 0 Å². The van der Waals surface area contributed by atoms with Crippen molar-refractivity contribution in [3.8, 4) is 34.1 Å². The average molecular weight is 504 g/mol. The van der Waals surface area contributed by atoms with Crippen LogP contribution in [0.4, 0.5) is 0 Å². The summed E-state index contributed by atoms with van der Waals surface area (Å²) in [5.41, 5.74) is 6.89. The molecule has 0 radical (unpaired) electrons. The van der Waals surface area contributed by atoms with Crippen LogP contribution in [-0.2, 0) is 19.4 Å². The van der Waals surface area contributed by atoms with Gasteiger partial charge in [0.25, 0.3) is 5.56 Å². The normalized spacial score (nSPS) is 13.6. The highest BCUT2D eigenvalue weighted by atomic mass is 16.5. The van der Waals surface area contributed by atoms with Gasteiger partial charge < -0.3 is 9.30 Å². The Hall–Kier alpha value is -4.17. The third kappa shape index (κ3) is 4.99. The first-order valence-corrected chi connectivity index (χ1v) is 13.3. The zero-order chi connectivity index (χ0) is 26.9. The molecule has 0 saturated carbocycles. The fourth-order valence-corrected chi connectivity index (χ4v) is 5.35. The molecule has 1 aromatic heterocycles. The van der Waals surface area contributed by atoms with Gasteiger partial charge in [-0.2, -0.15) is 10.2 Å². The summed E-state index contributed by atoms with van der Waals surface area (Å²) in [6.07, 6.45) is 3.57. The van der Waals surface area contributed by atoms with Crippen LogP contribution in [0.25, 0.3) is 22.3 Å². The molecule has 0 fully saturated rings. The minimum Gasteiger partial charge on any atom is -0.487 e. The third-order valence-corrected chi connectivity index (χ3v) is 7.28. The van der Waals surface area contributed by atoms with E-state index >= 15 is 0 Å².